The summed E-state index contributed by atoms with van der Waals surface area (Å²) in [5.41, 5.74) is -0.0796. The lowest BCUT2D eigenvalue weighted by Crippen LogP contribution is -2.13. The summed E-state index contributed by atoms with van der Waals surface area (Å²) < 4.78 is 0. The highest BCUT2D eigenvalue weighted by molar-refractivity contribution is 5.60. The predicted octanol–water partition coefficient (Wildman–Crippen LogP) is 3.62. The van der Waals surface area contributed by atoms with Crippen LogP contribution in [0.2, 0.25) is 0 Å². The average Bonchev–Trinajstić information content (AvgIpc) is 2.02. The first-order chi connectivity index (χ1) is 5.98. The van der Waals surface area contributed by atoms with Gasteiger partial charge >= 0.3 is 0 Å². The number of hydrogen-bond donors (Lipinski definition) is 0. The van der Waals surface area contributed by atoms with Crippen molar-refractivity contribution in [3.8, 4) is 0 Å². The van der Waals surface area contributed by atoms with Gasteiger partial charge in [-0.25, -0.2) is 0 Å². The summed E-state index contributed by atoms with van der Waals surface area (Å²) in [6, 6.07) is 0. The SMILES string of the molecule is C/C=C\C=C/C(C)(C)/N=C\C(C)C. The summed E-state index contributed by atoms with van der Waals surface area (Å²) in [4.78, 5) is 4.48. The molecule has 74 valence electrons. The molecular formula is C12H21N. The minimum absolute atomic E-state index is 0.0796. The number of hydrogen-bond acceptors (Lipinski definition) is 1. The predicted molar refractivity (Wildman–Crippen MR) is 61.4 cm³/mol. The van der Waals surface area contributed by atoms with Crippen molar-refractivity contribution < 1.29 is 0 Å². The fourth-order valence-corrected chi connectivity index (χ4v) is 0.786. The normalized spacial score (nSPS) is 14.3. The molecule has 0 N–H and O–H groups in total. The molecule has 0 heterocycles. The Hall–Kier alpha value is -0.850. The van der Waals surface area contributed by atoms with E-state index < -0.39 is 0 Å². The number of rotatable bonds is 4. The zero-order valence-corrected chi connectivity index (χ0v) is 9.41. The molecule has 0 aromatic rings. The van der Waals surface area contributed by atoms with Crippen LogP contribution in [-0.4, -0.2) is 11.8 Å². The lowest BCUT2D eigenvalue weighted by molar-refractivity contribution is 0.653. The van der Waals surface area contributed by atoms with Gasteiger partial charge in [0.15, 0.2) is 0 Å². The van der Waals surface area contributed by atoms with Crippen LogP contribution in [0, 0.1) is 5.92 Å². The van der Waals surface area contributed by atoms with Crippen LogP contribution in [0.25, 0.3) is 0 Å². The van der Waals surface area contributed by atoms with E-state index in [1.54, 1.807) is 0 Å². The lowest BCUT2D eigenvalue weighted by Gasteiger charge is -2.14. The number of aliphatic imine (C=N–C) groups is 1. The fraction of sp³-hybridized carbons (Fsp3) is 0.583. The highest BCUT2D eigenvalue weighted by atomic mass is 14.8. The van der Waals surface area contributed by atoms with Crippen molar-refractivity contribution in [2.24, 2.45) is 10.9 Å². The van der Waals surface area contributed by atoms with Gasteiger partial charge in [0.1, 0.15) is 0 Å². The van der Waals surface area contributed by atoms with E-state index in [2.05, 4.69) is 38.8 Å². The van der Waals surface area contributed by atoms with Gasteiger partial charge < -0.3 is 0 Å². The van der Waals surface area contributed by atoms with E-state index in [1.165, 1.54) is 0 Å². The standard InChI is InChI=1S/C12H21N/c1-6-7-8-9-12(4,5)13-10-11(2)3/h6-11H,1-5H3/b7-6-,9-8-,13-10-. The van der Waals surface area contributed by atoms with Crippen molar-refractivity contribution in [2.75, 3.05) is 0 Å². The van der Waals surface area contributed by atoms with Crippen LogP contribution in [0.15, 0.2) is 29.3 Å². The third-order valence-electron chi connectivity index (χ3n) is 1.51. The van der Waals surface area contributed by atoms with Crippen molar-refractivity contribution in [3.63, 3.8) is 0 Å². The van der Waals surface area contributed by atoms with Gasteiger partial charge in [0, 0.05) is 6.21 Å². The third-order valence-corrected chi connectivity index (χ3v) is 1.51. The number of allylic oxidation sites excluding steroid dienone is 3. The number of nitrogens with zero attached hydrogens (tertiary/aromatic N) is 1. The zero-order chi connectivity index (χ0) is 10.3. The molecule has 0 aromatic heterocycles. The summed E-state index contributed by atoms with van der Waals surface area (Å²) in [7, 11) is 0. The Morgan fingerprint density at radius 3 is 2.23 bits per heavy atom. The van der Waals surface area contributed by atoms with E-state index in [9.17, 15) is 0 Å². The molecule has 0 saturated heterocycles. The Morgan fingerprint density at radius 1 is 1.15 bits per heavy atom. The maximum atomic E-state index is 4.48. The van der Waals surface area contributed by atoms with E-state index in [-0.39, 0.29) is 5.54 Å². The first-order valence-electron chi connectivity index (χ1n) is 4.84. The van der Waals surface area contributed by atoms with Gasteiger partial charge in [-0.05, 0) is 26.7 Å². The van der Waals surface area contributed by atoms with Crippen LogP contribution in [0.1, 0.15) is 34.6 Å². The Morgan fingerprint density at radius 2 is 1.77 bits per heavy atom. The summed E-state index contributed by atoms with van der Waals surface area (Å²) in [5.74, 6) is 0.523. The van der Waals surface area contributed by atoms with Gasteiger partial charge in [0.2, 0.25) is 0 Å². The van der Waals surface area contributed by atoms with Crippen molar-refractivity contribution >= 4 is 6.21 Å². The van der Waals surface area contributed by atoms with Gasteiger partial charge in [-0.2, -0.15) is 0 Å². The van der Waals surface area contributed by atoms with Gasteiger partial charge in [-0.3, -0.25) is 4.99 Å². The van der Waals surface area contributed by atoms with Crippen molar-refractivity contribution in [2.45, 2.75) is 40.2 Å². The lowest BCUT2D eigenvalue weighted by atomic mass is 10.1. The van der Waals surface area contributed by atoms with Crippen molar-refractivity contribution in [1.82, 2.24) is 0 Å². The molecule has 0 spiro atoms. The fourth-order valence-electron chi connectivity index (χ4n) is 0.786. The molecule has 0 aliphatic rings. The van der Waals surface area contributed by atoms with Crippen LogP contribution in [0.5, 0.6) is 0 Å². The highest BCUT2D eigenvalue weighted by Gasteiger charge is 2.08. The first kappa shape index (κ1) is 12.2. The van der Waals surface area contributed by atoms with Crippen LogP contribution in [-0.2, 0) is 0 Å². The molecule has 0 aliphatic carbocycles. The second-order valence-corrected chi connectivity index (χ2v) is 4.06. The van der Waals surface area contributed by atoms with Crippen LogP contribution in [0.4, 0.5) is 0 Å². The molecule has 0 atom stereocenters. The Bertz CT molecular complexity index is 207. The zero-order valence-electron chi connectivity index (χ0n) is 9.41. The first-order valence-corrected chi connectivity index (χ1v) is 4.84. The summed E-state index contributed by atoms with van der Waals surface area (Å²) >= 11 is 0. The summed E-state index contributed by atoms with van der Waals surface area (Å²) in [5, 5.41) is 0. The van der Waals surface area contributed by atoms with E-state index in [0.29, 0.717) is 5.92 Å². The van der Waals surface area contributed by atoms with Gasteiger partial charge in [0.05, 0.1) is 5.54 Å². The molecule has 0 saturated carbocycles. The monoisotopic (exact) mass is 179 g/mol. The molecule has 0 aliphatic heterocycles. The molecule has 0 unspecified atom stereocenters. The highest BCUT2D eigenvalue weighted by Crippen LogP contribution is 2.10. The topological polar surface area (TPSA) is 12.4 Å². The molecule has 13 heavy (non-hydrogen) atoms. The second-order valence-electron chi connectivity index (χ2n) is 4.06. The quantitative estimate of drug-likeness (QED) is 0.461. The Balaban J connectivity index is 4.22. The minimum atomic E-state index is -0.0796. The minimum Gasteiger partial charge on any atom is -0.287 e. The molecule has 1 heteroatoms. The van der Waals surface area contributed by atoms with Crippen molar-refractivity contribution in [3.05, 3.63) is 24.3 Å². The molecule has 0 bridgehead atoms. The summed E-state index contributed by atoms with van der Waals surface area (Å²) in [6.07, 6.45) is 10.2. The van der Waals surface area contributed by atoms with Crippen LogP contribution in [0.3, 0.4) is 0 Å². The molecule has 1 nitrogen and oxygen atoms in total. The average molecular weight is 179 g/mol. The third kappa shape index (κ3) is 7.51. The van der Waals surface area contributed by atoms with E-state index in [4.69, 9.17) is 0 Å². The summed E-state index contributed by atoms with van der Waals surface area (Å²) in [6.45, 7) is 10.5. The van der Waals surface area contributed by atoms with E-state index in [0.717, 1.165) is 0 Å². The second kappa shape index (κ2) is 5.74. The smallest absolute Gasteiger partial charge is 0.0730 e. The molecule has 0 radical (unpaired) electrons. The maximum Gasteiger partial charge on any atom is 0.0730 e. The van der Waals surface area contributed by atoms with Gasteiger partial charge in [0.25, 0.3) is 0 Å². The van der Waals surface area contributed by atoms with E-state index in [1.807, 2.05) is 31.4 Å². The molecule has 0 aromatic carbocycles. The Labute approximate surface area is 82.3 Å². The Kier molecular flexibility index (Phi) is 5.36. The van der Waals surface area contributed by atoms with Gasteiger partial charge in [-0.1, -0.05) is 38.2 Å². The van der Waals surface area contributed by atoms with Crippen LogP contribution >= 0.6 is 0 Å². The van der Waals surface area contributed by atoms with Gasteiger partial charge in [-0.15, -0.1) is 0 Å². The van der Waals surface area contributed by atoms with E-state index >= 15 is 0 Å². The largest absolute Gasteiger partial charge is 0.287 e. The molecule has 0 fully saturated rings. The van der Waals surface area contributed by atoms with Crippen molar-refractivity contribution in [1.29, 1.82) is 0 Å². The molecule has 0 rings (SSSR count). The maximum absolute atomic E-state index is 4.48. The van der Waals surface area contributed by atoms with Crippen LogP contribution < -0.4 is 0 Å². The molecular weight excluding hydrogens is 158 g/mol. The molecule has 0 amide bonds.